The first-order chi connectivity index (χ1) is 13.0. The van der Waals surface area contributed by atoms with Gasteiger partial charge in [-0.2, -0.15) is 0 Å². The number of guanidine groups is 1. The third-order valence-corrected chi connectivity index (χ3v) is 4.72. The van der Waals surface area contributed by atoms with Crippen LogP contribution in [0.15, 0.2) is 29.3 Å². The standard InChI is InChI=1S/C19H30ClN5O2.HI/c1-15(27-18-6-4-17(20)5-7-18)14-23-19(21-3)22-8-9-24-10-12-25(13-11-24)16(2)26;/h4-7,15H,8-14H2,1-3H3,(H2,21,22,23);1H. The van der Waals surface area contributed by atoms with E-state index in [0.717, 1.165) is 51.0 Å². The van der Waals surface area contributed by atoms with Crippen LogP contribution >= 0.6 is 35.6 Å². The van der Waals surface area contributed by atoms with Gasteiger partial charge < -0.3 is 20.3 Å². The van der Waals surface area contributed by atoms with Crippen LogP contribution in [0.3, 0.4) is 0 Å². The number of carbonyl (C=O) groups excluding carboxylic acids is 1. The number of hydrogen-bond acceptors (Lipinski definition) is 4. The molecule has 2 N–H and O–H groups in total. The molecule has 1 amide bonds. The Morgan fingerprint density at radius 1 is 1.21 bits per heavy atom. The highest BCUT2D eigenvalue weighted by Crippen LogP contribution is 2.16. The molecule has 2 rings (SSSR count). The lowest BCUT2D eigenvalue weighted by Gasteiger charge is -2.34. The average Bonchev–Trinajstić information content (AvgIpc) is 2.66. The van der Waals surface area contributed by atoms with E-state index in [0.29, 0.717) is 11.6 Å². The summed E-state index contributed by atoms with van der Waals surface area (Å²) in [6, 6.07) is 7.34. The molecule has 0 bridgehead atoms. The monoisotopic (exact) mass is 523 g/mol. The molecule has 0 saturated carbocycles. The van der Waals surface area contributed by atoms with Crippen molar-refractivity contribution in [2.45, 2.75) is 20.0 Å². The predicted molar refractivity (Wildman–Crippen MR) is 125 cm³/mol. The molecule has 1 fully saturated rings. The van der Waals surface area contributed by atoms with E-state index >= 15 is 0 Å². The first-order valence-corrected chi connectivity index (χ1v) is 9.70. The van der Waals surface area contributed by atoms with Crippen LogP contribution in [0.4, 0.5) is 0 Å². The van der Waals surface area contributed by atoms with E-state index in [1.807, 2.05) is 36.1 Å². The summed E-state index contributed by atoms with van der Waals surface area (Å²) in [6.07, 6.45) is -0.00983. The van der Waals surface area contributed by atoms with E-state index in [2.05, 4.69) is 20.5 Å². The maximum absolute atomic E-state index is 11.4. The van der Waals surface area contributed by atoms with E-state index in [4.69, 9.17) is 16.3 Å². The molecule has 1 aliphatic rings. The molecule has 1 aromatic carbocycles. The normalized spacial score (nSPS) is 16.1. The summed E-state index contributed by atoms with van der Waals surface area (Å²) < 4.78 is 5.85. The highest BCUT2D eigenvalue weighted by Gasteiger charge is 2.18. The lowest BCUT2D eigenvalue weighted by Crippen LogP contribution is -2.50. The van der Waals surface area contributed by atoms with Crippen LogP contribution in [0.2, 0.25) is 5.02 Å². The van der Waals surface area contributed by atoms with Gasteiger partial charge in [-0.3, -0.25) is 14.7 Å². The Labute approximate surface area is 189 Å². The van der Waals surface area contributed by atoms with Crippen LogP contribution in [0, 0.1) is 0 Å². The molecule has 0 radical (unpaired) electrons. The number of hydrogen-bond donors (Lipinski definition) is 2. The van der Waals surface area contributed by atoms with Crippen LogP contribution in [0.5, 0.6) is 5.75 Å². The van der Waals surface area contributed by atoms with Gasteiger partial charge in [-0.05, 0) is 31.2 Å². The van der Waals surface area contributed by atoms with Crippen LogP contribution < -0.4 is 15.4 Å². The largest absolute Gasteiger partial charge is 0.489 e. The minimum absolute atomic E-state index is 0. The maximum atomic E-state index is 11.4. The maximum Gasteiger partial charge on any atom is 0.219 e. The molecule has 1 aromatic rings. The number of aliphatic imine (C=N–C) groups is 1. The highest BCUT2D eigenvalue weighted by atomic mass is 127. The lowest BCUT2D eigenvalue weighted by molar-refractivity contribution is -0.130. The molecule has 0 spiro atoms. The molecule has 28 heavy (non-hydrogen) atoms. The van der Waals surface area contributed by atoms with E-state index in [9.17, 15) is 4.79 Å². The summed E-state index contributed by atoms with van der Waals surface area (Å²) in [6.45, 7) is 9.44. The quantitative estimate of drug-likeness (QED) is 0.325. The second-order valence-electron chi connectivity index (χ2n) is 6.61. The Hall–Kier alpha value is -1.26. The zero-order valence-corrected chi connectivity index (χ0v) is 19.9. The summed E-state index contributed by atoms with van der Waals surface area (Å²) >= 11 is 5.88. The van der Waals surface area contributed by atoms with Crippen molar-refractivity contribution in [3.8, 4) is 5.75 Å². The molecule has 1 unspecified atom stereocenters. The molecular weight excluding hydrogens is 493 g/mol. The van der Waals surface area contributed by atoms with Crippen molar-refractivity contribution < 1.29 is 9.53 Å². The fourth-order valence-corrected chi connectivity index (χ4v) is 2.99. The zero-order chi connectivity index (χ0) is 19.6. The third kappa shape index (κ3) is 8.83. The second-order valence-corrected chi connectivity index (χ2v) is 7.05. The van der Waals surface area contributed by atoms with E-state index < -0.39 is 0 Å². The fourth-order valence-electron chi connectivity index (χ4n) is 2.87. The number of nitrogens with one attached hydrogen (secondary N) is 2. The van der Waals surface area contributed by atoms with E-state index in [-0.39, 0.29) is 36.0 Å². The van der Waals surface area contributed by atoms with Crippen molar-refractivity contribution in [2.75, 3.05) is 52.9 Å². The minimum Gasteiger partial charge on any atom is -0.489 e. The molecule has 0 aliphatic carbocycles. The van der Waals surface area contributed by atoms with Gasteiger partial charge in [-0.1, -0.05) is 11.6 Å². The Balaban J connectivity index is 0.00000392. The van der Waals surface area contributed by atoms with E-state index in [1.54, 1.807) is 14.0 Å². The predicted octanol–water partition coefficient (Wildman–Crippen LogP) is 2.05. The topological polar surface area (TPSA) is 69.2 Å². The average molecular weight is 524 g/mol. The molecule has 7 nitrogen and oxygen atoms in total. The Morgan fingerprint density at radius 3 is 2.43 bits per heavy atom. The van der Waals surface area contributed by atoms with Gasteiger partial charge in [0.15, 0.2) is 5.96 Å². The van der Waals surface area contributed by atoms with Crippen molar-refractivity contribution in [1.29, 1.82) is 0 Å². The second kappa shape index (κ2) is 13.1. The minimum atomic E-state index is -0.00983. The van der Waals surface area contributed by atoms with Crippen LogP contribution in [0.25, 0.3) is 0 Å². The van der Waals surface area contributed by atoms with Gasteiger partial charge in [0.2, 0.25) is 5.91 Å². The lowest BCUT2D eigenvalue weighted by atomic mass is 10.3. The highest BCUT2D eigenvalue weighted by molar-refractivity contribution is 14.0. The number of ether oxygens (including phenoxy) is 1. The molecular formula is C19H31ClIN5O2. The third-order valence-electron chi connectivity index (χ3n) is 4.47. The number of halogens is 2. The number of benzene rings is 1. The first kappa shape index (κ1) is 24.8. The van der Waals surface area contributed by atoms with Gasteiger partial charge in [0.05, 0.1) is 6.54 Å². The molecule has 1 saturated heterocycles. The Morgan fingerprint density at radius 2 is 1.86 bits per heavy atom. The van der Waals surface area contributed by atoms with Crippen molar-refractivity contribution in [3.05, 3.63) is 29.3 Å². The van der Waals surface area contributed by atoms with E-state index in [1.165, 1.54) is 0 Å². The summed E-state index contributed by atoms with van der Waals surface area (Å²) in [5.74, 6) is 1.71. The van der Waals surface area contributed by atoms with Gasteiger partial charge in [0, 0.05) is 58.3 Å². The van der Waals surface area contributed by atoms with Crippen LogP contribution in [-0.2, 0) is 4.79 Å². The fraction of sp³-hybridized carbons (Fsp3) is 0.579. The van der Waals surface area contributed by atoms with Gasteiger partial charge >= 0.3 is 0 Å². The van der Waals surface area contributed by atoms with Gasteiger partial charge in [-0.15, -0.1) is 24.0 Å². The zero-order valence-electron chi connectivity index (χ0n) is 16.8. The molecule has 9 heteroatoms. The molecule has 1 heterocycles. The summed E-state index contributed by atoms with van der Waals surface area (Å²) in [5, 5.41) is 7.29. The van der Waals surface area contributed by atoms with Crippen molar-refractivity contribution in [1.82, 2.24) is 20.4 Å². The number of piperazine rings is 1. The summed E-state index contributed by atoms with van der Waals surface area (Å²) in [5.41, 5.74) is 0. The van der Waals surface area contributed by atoms with Crippen molar-refractivity contribution in [2.24, 2.45) is 4.99 Å². The van der Waals surface area contributed by atoms with Crippen LogP contribution in [-0.4, -0.2) is 80.6 Å². The first-order valence-electron chi connectivity index (χ1n) is 9.32. The van der Waals surface area contributed by atoms with Crippen LogP contribution in [0.1, 0.15) is 13.8 Å². The molecule has 1 aliphatic heterocycles. The van der Waals surface area contributed by atoms with Gasteiger partial charge in [-0.25, -0.2) is 0 Å². The molecule has 0 aromatic heterocycles. The number of amides is 1. The summed E-state index contributed by atoms with van der Waals surface area (Å²) in [4.78, 5) is 19.9. The number of carbonyl (C=O) groups is 1. The van der Waals surface area contributed by atoms with Gasteiger partial charge in [0.1, 0.15) is 11.9 Å². The summed E-state index contributed by atoms with van der Waals surface area (Å²) in [7, 11) is 1.76. The Kier molecular flexibility index (Phi) is 11.6. The van der Waals surface area contributed by atoms with Crippen molar-refractivity contribution in [3.63, 3.8) is 0 Å². The Bertz CT molecular complexity index is 621. The smallest absolute Gasteiger partial charge is 0.219 e. The van der Waals surface area contributed by atoms with Crippen molar-refractivity contribution >= 4 is 47.4 Å². The SMILES string of the molecule is CN=C(NCCN1CCN(C(C)=O)CC1)NCC(C)Oc1ccc(Cl)cc1.I. The number of rotatable bonds is 7. The molecule has 158 valence electrons. The van der Waals surface area contributed by atoms with Gasteiger partial charge in [0.25, 0.3) is 0 Å². The number of nitrogens with zero attached hydrogens (tertiary/aromatic N) is 3. The molecule has 1 atom stereocenters.